The van der Waals surface area contributed by atoms with Gasteiger partial charge in [0.15, 0.2) is 11.5 Å². The van der Waals surface area contributed by atoms with Crippen molar-refractivity contribution in [3.63, 3.8) is 0 Å². The molecular weight excluding hydrogens is 330 g/mol. The minimum atomic E-state index is -3.63. The van der Waals surface area contributed by atoms with Crippen molar-refractivity contribution < 1.29 is 22.6 Å². The Morgan fingerprint density at radius 2 is 1.71 bits per heavy atom. The Bertz CT molecular complexity index is 817. The van der Waals surface area contributed by atoms with Crippen LogP contribution < -0.4 is 18.9 Å². The zero-order valence-corrected chi connectivity index (χ0v) is 14.3. The molecule has 1 atom stereocenters. The number of sulfonamides is 1. The summed E-state index contributed by atoms with van der Waals surface area (Å²) in [7, 11) is -2.10. The molecule has 0 aromatic heterocycles. The van der Waals surface area contributed by atoms with E-state index < -0.39 is 16.1 Å². The van der Waals surface area contributed by atoms with E-state index >= 15 is 0 Å². The van der Waals surface area contributed by atoms with Gasteiger partial charge in [0.25, 0.3) is 0 Å². The van der Waals surface area contributed by atoms with E-state index in [1.807, 2.05) is 6.07 Å². The van der Waals surface area contributed by atoms with Crippen molar-refractivity contribution in [3.05, 3.63) is 48.0 Å². The van der Waals surface area contributed by atoms with Gasteiger partial charge < -0.3 is 14.2 Å². The summed E-state index contributed by atoms with van der Waals surface area (Å²) in [5.74, 6) is 1.92. The van der Waals surface area contributed by atoms with Crippen LogP contribution in [0.4, 0.5) is 0 Å². The lowest BCUT2D eigenvalue weighted by Gasteiger charge is -2.21. The molecule has 6 nitrogen and oxygen atoms in total. The molecule has 0 amide bonds. The van der Waals surface area contributed by atoms with Crippen LogP contribution >= 0.6 is 0 Å². The molecule has 3 rings (SSSR count). The maximum atomic E-state index is 12.5. The highest BCUT2D eigenvalue weighted by Crippen LogP contribution is 2.33. The van der Waals surface area contributed by atoms with Crippen molar-refractivity contribution in [1.29, 1.82) is 0 Å². The van der Waals surface area contributed by atoms with Crippen LogP contribution in [0.5, 0.6) is 17.2 Å². The number of hydrogen-bond acceptors (Lipinski definition) is 5. The molecule has 1 aliphatic rings. The number of nitrogens with one attached hydrogen (secondary N) is 1. The summed E-state index contributed by atoms with van der Waals surface area (Å²) in [6, 6.07) is 11.3. The maximum absolute atomic E-state index is 12.5. The molecule has 128 valence electrons. The number of rotatable bonds is 5. The van der Waals surface area contributed by atoms with E-state index in [1.165, 1.54) is 19.2 Å². The first-order valence-electron chi connectivity index (χ1n) is 7.55. The fourth-order valence-electron chi connectivity index (χ4n) is 2.45. The van der Waals surface area contributed by atoms with Crippen molar-refractivity contribution in [2.24, 2.45) is 0 Å². The molecule has 0 radical (unpaired) electrons. The summed E-state index contributed by atoms with van der Waals surface area (Å²) in [5.41, 5.74) is 0.802. The highest BCUT2D eigenvalue weighted by molar-refractivity contribution is 7.89. The normalized spacial score (nSPS) is 14.9. The molecule has 2 aromatic rings. The lowest BCUT2D eigenvalue weighted by atomic mass is 10.1. The predicted molar refractivity (Wildman–Crippen MR) is 89.2 cm³/mol. The minimum Gasteiger partial charge on any atom is -0.497 e. The van der Waals surface area contributed by atoms with Gasteiger partial charge in [0.1, 0.15) is 19.0 Å². The van der Waals surface area contributed by atoms with Crippen LogP contribution in [-0.2, 0) is 10.0 Å². The highest BCUT2D eigenvalue weighted by Gasteiger charge is 2.20. The SMILES string of the molecule is COc1ccc(S(=O)(=O)N[C@H](C)c2ccc3c(c2)OCCO3)cc1. The number of methoxy groups -OCH3 is 1. The molecule has 1 N–H and O–H groups in total. The second-order valence-corrected chi connectivity index (χ2v) is 7.14. The molecule has 24 heavy (non-hydrogen) atoms. The number of benzene rings is 2. The standard InChI is InChI=1S/C17H19NO5S/c1-12(13-3-8-16-17(11-13)23-10-9-22-16)18-24(19,20)15-6-4-14(21-2)5-7-15/h3-8,11-12,18H,9-10H2,1-2H3/t12-/m1/s1. The van der Waals surface area contributed by atoms with E-state index in [0.717, 1.165) is 5.56 Å². The third-order valence-corrected chi connectivity index (χ3v) is 5.32. The van der Waals surface area contributed by atoms with Crippen molar-refractivity contribution in [3.8, 4) is 17.2 Å². The van der Waals surface area contributed by atoms with Crippen LogP contribution in [0, 0.1) is 0 Å². The number of fused-ring (bicyclic) bond motifs is 1. The van der Waals surface area contributed by atoms with Crippen LogP contribution in [0.1, 0.15) is 18.5 Å². The molecule has 0 unspecified atom stereocenters. The summed E-state index contributed by atoms with van der Waals surface area (Å²) in [5, 5.41) is 0. The Morgan fingerprint density at radius 3 is 2.38 bits per heavy atom. The van der Waals surface area contributed by atoms with Gasteiger partial charge >= 0.3 is 0 Å². The summed E-state index contributed by atoms with van der Waals surface area (Å²) < 4.78 is 43.7. The first-order chi connectivity index (χ1) is 11.5. The second-order valence-electron chi connectivity index (χ2n) is 5.42. The van der Waals surface area contributed by atoms with Crippen molar-refractivity contribution in [2.75, 3.05) is 20.3 Å². The van der Waals surface area contributed by atoms with E-state index in [1.54, 1.807) is 31.2 Å². The molecule has 0 fully saturated rings. The van der Waals surface area contributed by atoms with Crippen LogP contribution in [0.15, 0.2) is 47.4 Å². The highest BCUT2D eigenvalue weighted by atomic mass is 32.2. The van der Waals surface area contributed by atoms with Gasteiger partial charge in [0.2, 0.25) is 10.0 Å². The van der Waals surface area contributed by atoms with Gasteiger partial charge in [-0.3, -0.25) is 0 Å². The average Bonchev–Trinajstić information content (AvgIpc) is 2.61. The van der Waals surface area contributed by atoms with Gasteiger partial charge in [-0.1, -0.05) is 6.07 Å². The summed E-state index contributed by atoms with van der Waals surface area (Å²) in [6.07, 6.45) is 0. The molecule has 0 saturated carbocycles. The molecular formula is C17H19NO5S. The fourth-order valence-corrected chi connectivity index (χ4v) is 3.68. The fraction of sp³-hybridized carbons (Fsp3) is 0.294. The summed E-state index contributed by atoms with van der Waals surface area (Å²) in [6.45, 7) is 2.79. The lowest BCUT2D eigenvalue weighted by Crippen LogP contribution is -2.27. The van der Waals surface area contributed by atoms with E-state index in [4.69, 9.17) is 14.2 Å². The Hall–Kier alpha value is -2.25. The van der Waals surface area contributed by atoms with Crippen LogP contribution in [0.25, 0.3) is 0 Å². The van der Waals surface area contributed by atoms with Crippen molar-refractivity contribution in [1.82, 2.24) is 4.72 Å². The second kappa shape index (κ2) is 6.70. The number of ether oxygens (including phenoxy) is 3. The zero-order chi connectivity index (χ0) is 17.2. The first kappa shape index (κ1) is 16.6. The van der Waals surface area contributed by atoms with Crippen LogP contribution in [0.2, 0.25) is 0 Å². The summed E-state index contributed by atoms with van der Waals surface area (Å²) >= 11 is 0. The average molecular weight is 349 g/mol. The number of hydrogen-bond donors (Lipinski definition) is 1. The molecule has 0 saturated heterocycles. The third kappa shape index (κ3) is 3.47. The molecule has 1 aliphatic heterocycles. The van der Waals surface area contributed by atoms with Gasteiger partial charge in [-0.15, -0.1) is 0 Å². The molecule has 0 bridgehead atoms. The topological polar surface area (TPSA) is 73.9 Å². The van der Waals surface area contributed by atoms with E-state index in [2.05, 4.69) is 4.72 Å². The van der Waals surface area contributed by atoms with Crippen molar-refractivity contribution >= 4 is 10.0 Å². The molecule has 0 aliphatic carbocycles. The quantitative estimate of drug-likeness (QED) is 0.898. The van der Waals surface area contributed by atoms with E-state index in [9.17, 15) is 8.42 Å². The van der Waals surface area contributed by atoms with E-state index in [-0.39, 0.29) is 4.90 Å². The molecule has 2 aromatic carbocycles. The predicted octanol–water partition coefficient (Wildman–Crippen LogP) is 2.51. The summed E-state index contributed by atoms with van der Waals surface area (Å²) in [4.78, 5) is 0.188. The Labute approximate surface area is 141 Å². The minimum absolute atomic E-state index is 0.188. The van der Waals surface area contributed by atoms with Gasteiger partial charge in [-0.2, -0.15) is 0 Å². The van der Waals surface area contributed by atoms with Gasteiger partial charge in [0, 0.05) is 6.04 Å². The Kier molecular flexibility index (Phi) is 4.64. The molecule has 7 heteroatoms. The molecule has 0 spiro atoms. The Morgan fingerprint density at radius 1 is 1.04 bits per heavy atom. The largest absolute Gasteiger partial charge is 0.497 e. The van der Waals surface area contributed by atoms with Gasteiger partial charge in [-0.25, -0.2) is 13.1 Å². The third-order valence-electron chi connectivity index (χ3n) is 3.77. The first-order valence-corrected chi connectivity index (χ1v) is 9.04. The van der Waals surface area contributed by atoms with Gasteiger partial charge in [0.05, 0.1) is 12.0 Å². The Balaban J connectivity index is 1.78. The van der Waals surface area contributed by atoms with Crippen LogP contribution in [-0.4, -0.2) is 28.7 Å². The zero-order valence-electron chi connectivity index (χ0n) is 13.5. The smallest absolute Gasteiger partial charge is 0.241 e. The lowest BCUT2D eigenvalue weighted by molar-refractivity contribution is 0.171. The van der Waals surface area contributed by atoms with E-state index in [0.29, 0.717) is 30.5 Å². The van der Waals surface area contributed by atoms with Crippen LogP contribution in [0.3, 0.4) is 0 Å². The van der Waals surface area contributed by atoms with Gasteiger partial charge in [-0.05, 0) is 48.9 Å². The molecule has 1 heterocycles. The monoisotopic (exact) mass is 349 g/mol. The maximum Gasteiger partial charge on any atom is 0.241 e. The van der Waals surface area contributed by atoms with Crippen molar-refractivity contribution in [2.45, 2.75) is 17.9 Å².